The predicted octanol–water partition coefficient (Wildman–Crippen LogP) is 2.06. The number of carbonyl (C=O) groups excluding carboxylic acids is 4. The molecular weight excluding hydrogens is 410 g/mol. The van der Waals surface area contributed by atoms with E-state index in [1.54, 1.807) is 65.4 Å². The number of fused-ring (bicyclic) bond motifs is 1. The van der Waals surface area contributed by atoms with E-state index in [0.29, 0.717) is 55.0 Å². The minimum Gasteiger partial charge on any atom is -0.497 e. The van der Waals surface area contributed by atoms with Crippen molar-refractivity contribution in [1.82, 2.24) is 14.7 Å². The fourth-order valence-corrected chi connectivity index (χ4v) is 4.12. The van der Waals surface area contributed by atoms with Gasteiger partial charge in [-0.3, -0.25) is 24.1 Å². The van der Waals surface area contributed by atoms with Crippen molar-refractivity contribution in [3.05, 3.63) is 65.2 Å². The molecule has 0 aliphatic carbocycles. The summed E-state index contributed by atoms with van der Waals surface area (Å²) in [5, 5.41) is 0. The number of carbonyl (C=O) groups is 4. The molecule has 2 aromatic carbocycles. The predicted molar refractivity (Wildman–Crippen MR) is 117 cm³/mol. The van der Waals surface area contributed by atoms with Gasteiger partial charge in [-0.2, -0.15) is 0 Å². The molecule has 0 spiro atoms. The molecule has 1 saturated heterocycles. The van der Waals surface area contributed by atoms with Gasteiger partial charge in [0.25, 0.3) is 17.7 Å². The summed E-state index contributed by atoms with van der Waals surface area (Å²) < 4.78 is 5.19. The number of hydrogen-bond acceptors (Lipinski definition) is 5. The van der Waals surface area contributed by atoms with Crippen molar-refractivity contribution in [3.63, 3.8) is 0 Å². The van der Waals surface area contributed by atoms with Crippen molar-refractivity contribution in [2.24, 2.45) is 0 Å². The Morgan fingerprint density at radius 2 is 1.53 bits per heavy atom. The van der Waals surface area contributed by atoms with Crippen LogP contribution >= 0.6 is 0 Å². The van der Waals surface area contributed by atoms with Crippen molar-refractivity contribution in [1.29, 1.82) is 0 Å². The summed E-state index contributed by atoms with van der Waals surface area (Å²) in [5.41, 5.74) is 1.31. The van der Waals surface area contributed by atoms with E-state index in [0.717, 1.165) is 4.90 Å². The van der Waals surface area contributed by atoms with Gasteiger partial charge in [-0.05, 0) is 36.8 Å². The monoisotopic (exact) mass is 435 g/mol. The van der Waals surface area contributed by atoms with E-state index in [-0.39, 0.29) is 36.6 Å². The van der Waals surface area contributed by atoms with Crippen molar-refractivity contribution < 1.29 is 23.9 Å². The highest BCUT2D eigenvalue weighted by molar-refractivity contribution is 6.21. The maximum Gasteiger partial charge on any atom is 0.261 e. The molecule has 32 heavy (non-hydrogen) atoms. The number of nitrogens with zero attached hydrogens (tertiary/aromatic N) is 3. The highest BCUT2D eigenvalue weighted by Crippen LogP contribution is 2.23. The maximum absolute atomic E-state index is 12.9. The zero-order chi connectivity index (χ0) is 22.7. The zero-order valence-corrected chi connectivity index (χ0v) is 18.0. The molecule has 0 bridgehead atoms. The summed E-state index contributed by atoms with van der Waals surface area (Å²) in [6.07, 6.45) is 0.726. The van der Waals surface area contributed by atoms with Gasteiger partial charge in [0, 0.05) is 44.7 Å². The van der Waals surface area contributed by atoms with Crippen molar-refractivity contribution in [3.8, 4) is 5.75 Å². The molecule has 0 unspecified atom stereocenters. The van der Waals surface area contributed by atoms with Crippen molar-refractivity contribution in [2.45, 2.75) is 12.8 Å². The van der Waals surface area contributed by atoms with Crippen LogP contribution in [0.2, 0.25) is 0 Å². The summed E-state index contributed by atoms with van der Waals surface area (Å²) in [6.45, 7) is 1.97. The first-order valence-electron chi connectivity index (χ1n) is 10.7. The number of methoxy groups -OCH3 is 1. The van der Waals surface area contributed by atoms with Crippen LogP contribution < -0.4 is 4.74 Å². The Morgan fingerprint density at radius 3 is 2.22 bits per heavy atom. The van der Waals surface area contributed by atoms with E-state index in [9.17, 15) is 19.2 Å². The summed E-state index contributed by atoms with van der Waals surface area (Å²) >= 11 is 0. The Labute approximate surface area is 186 Å². The number of ether oxygens (including phenoxy) is 1. The van der Waals surface area contributed by atoms with Crippen molar-refractivity contribution >= 4 is 23.6 Å². The molecule has 4 amide bonds. The second kappa shape index (κ2) is 9.21. The standard InChI is InChI=1S/C24H25N3O5/c1-32-18-7-4-6-17(16-18)22(29)26-12-5-11-25(14-15-26)21(28)10-13-27-23(30)19-8-2-3-9-20(19)24(27)31/h2-4,6-9,16H,5,10-15H2,1H3. The maximum atomic E-state index is 12.9. The van der Waals surface area contributed by atoms with E-state index >= 15 is 0 Å². The molecule has 2 aliphatic heterocycles. The number of benzene rings is 2. The molecule has 4 rings (SSSR count). The molecule has 2 aromatic rings. The van der Waals surface area contributed by atoms with E-state index in [4.69, 9.17) is 4.74 Å². The lowest BCUT2D eigenvalue weighted by Gasteiger charge is -2.23. The van der Waals surface area contributed by atoms with Gasteiger partial charge in [-0.15, -0.1) is 0 Å². The number of imide groups is 1. The summed E-state index contributed by atoms with van der Waals surface area (Å²) in [6, 6.07) is 13.7. The van der Waals surface area contributed by atoms with E-state index in [2.05, 4.69) is 0 Å². The van der Waals surface area contributed by atoms with Gasteiger partial charge in [0.1, 0.15) is 5.75 Å². The molecule has 0 radical (unpaired) electrons. The number of rotatable bonds is 5. The van der Waals surface area contributed by atoms with Gasteiger partial charge in [0.2, 0.25) is 5.91 Å². The van der Waals surface area contributed by atoms with E-state index in [1.807, 2.05) is 0 Å². The largest absolute Gasteiger partial charge is 0.497 e. The van der Waals surface area contributed by atoms with Crippen LogP contribution in [0, 0.1) is 0 Å². The second-order valence-corrected chi connectivity index (χ2v) is 7.82. The second-order valence-electron chi connectivity index (χ2n) is 7.82. The Balaban J connectivity index is 1.33. The fourth-order valence-electron chi connectivity index (χ4n) is 4.12. The SMILES string of the molecule is COc1cccc(C(=O)N2CCCN(C(=O)CCN3C(=O)c4ccccc4C3=O)CC2)c1. The first-order valence-corrected chi connectivity index (χ1v) is 10.7. The Bertz CT molecular complexity index is 1030. The van der Waals surface area contributed by atoms with Gasteiger partial charge < -0.3 is 14.5 Å². The first kappa shape index (κ1) is 21.5. The lowest BCUT2D eigenvalue weighted by molar-refractivity contribution is -0.131. The summed E-state index contributed by atoms with van der Waals surface area (Å²) in [4.78, 5) is 55.2. The van der Waals surface area contributed by atoms with Crippen LogP contribution in [0.15, 0.2) is 48.5 Å². The van der Waals surface area contributed by atoms with Gasteiger partial charge in [0.15, 0.2) is 0 Å². The molecule has 0 saturated carbocycles. The van der Waals surface area contributed by atoms with Crippen LogP contribution in [-0.2, 0) is 4.79 Å². The lowest BCUT2D eigenvalue weighted by atomic mass is 10.1. The minimum absolute atomic E-state index is 0.0497. The van der Waals surface area contributed by atoms with E-state index < -0.39 is 0 Å². The van der Waals surface area contributed by atoms with Crippen LogP contribution in [-0.4, -0.2) is 78.2 Å². The van der Waals surface area contributed by atoms with Gasteiger partial charge in [-0.25, -0.2) is 0 Å². The summed E-state index contributed by atoms with van der Waals surface area (Å²) in [7, 11) is 1.56. The van der Waals surface area contributed by atoms with Crippen LogP contribution in [0.4, 0.5) is 0 Å². The third kappa shape index (κ3) is 4.21. The highest BCUT2D eigenvalue weighted by atomic mass is 16.5. The topological polar surface area (TPSA) is 87.2 Å². The molecule has 2 heterocycles. The average molecular weight is 435 g/mol. The fraction of sp³-hybridized carbons (Fsp3) is 0.333. The zero-order valence-electron chi connectivity index (χ0n) is 18.0. The molecule has 0 atom stereocenters. The van der Waals surface area contributed by atoms with Crippen LogP contribution in [0.3, 0.4) is 0 Å². The normalized spacial score (nSPS) is 16.1. The number of amides is 4. The Morgan fingerprint density at radius 1 is 0.875 bits per heavy atom. The molecule has 166 valence electrons. The Kier molecular flexibility index (Phi) is 6.20. The molecule has 0 aromatic heterocycles. The molecule has 1 fully saturated rings. The van der Waals surface area contributed by atoms with Crippen LogP contribution in [0.5, 0.6) is 5.75 Å². The van der Waals surface area contributed by atoms with Crippen LogP contribution in [0.25, 0.3) is 0 Å². The molecule has 0 N–H and O–H groups in total. The summed E-state index contributed by atoms with van der Waals surface area (Å²) in [5.74, 6) is -0.314. The highest BCUT2D eigenvalue weighted by Gasteiger charge is 2.35. The third-order valence-corrected chi connectivity index (χ3v) is 5.88. The average Bonchev–Trinajstić information content (AvgIpc) is 2.98. The quantitative estimate of drug-likeness (QED) is 0.671. The van der Waals surface area contributed by atoms with Gasteiger partial charge >= 0.3 is 0 Å². The van der Waals surface area contributed by atoms with Crippen LogP contribution in [0.1, 0.15) is 43.9 Å². The van der Waals surface area contributed by atoms with Gasteiger partial charge in [0.05, 0.1) is 18.2 Å². The first-order chi connectivity index (χ1) is 15.5. The molecule has 8 heteroatoms. The lowest BCUT2D eigenvalue weighted by Crippen LogP contribution is -2.39. The van der Waals surface area contributed by atoms with Gasteiger partial charge in [-0.1, -0.05) is 18.2 Å². The molecule has 8 nitrogen and oxygen atoms in total. The smallest absolute Gasteiger partial charge is 0.261 e. The minimum atomic E-state index is -0.357. The Hall–Kier alpha value is -3.68. The van der Waals surface area contributed by atoms with E-state index in [1.165, 1.54) is 0 Å². The van der Waals surface area contributed by atoms with Crippen molar-refractivity contribution in [2.75, 3.05) is 39.8 Å². The third-order valence-electron chi connectivity index (χ3n) is 5.88. The molecule has 2 aliphatic rings. The molecular formula is C24H25N3O5. The number of hydrogen-bond donors (Lipinski definition) is 0.